The first-order chi connectivity index (χ1) is 10.4. The molecule has 1 fully saturated rings. The van der Waals surface area contributed by atoms with Gasteiger partial charge in [0.15, 0.2) is 0 Å². The third-order valence-corrected chi connectivity index (χ3v) is 4.51. The van der Waals surface area contributed by atoms with Crippen molar-refractivity contribution in [3.05, 3.63) is 29.8 Å². The van der Waals surface area contributed by atoms with Crippen LogP contribution in [-0.4, -0.2) is 12.6 Å². The van der Waals surface area contributed by atoms with Gasteiger partial charge in [-0.1, -0.05) is 58.6 Å². The number of hydrogen-bond donors (Lipinski definition) is 2. The van der Waals surface area contributed by atoms with Crippen LogP contribution in [0.1, 0.15) is 64.9 Å². The highest BCUT2D eigenvalue weighted by molar-refractivity contribution is 5.89. The molecule has 122 valence electrons. The zero-order valence-corrected chi connectivity index (χ0v) is 14.2. The van der Waals surface area contributed by atoms with Gasteiger partial charge in [-0.15, -0.1) is 0 Å². The van der Waals surface area contributed by atoms with Gasteiger partial charge in [-0.2, -0.15) is 0 Å². The third kappa shape index (κ3) is 5.36. The molecule has 0 atom stereocenters. The van der Waals surface area contributed by atoms with E-state index in [2.05, 4.69) is 43.5 Å². The van der Waals surface area contributed by atoms with Gasteiger partial charge in [0.1, 0.15) is 0 Å². The Labute approximate surface area is 134 Å². The molecule has 0 aliphatic heterocycles. The predicted octanol–water partition coefficient (Wildman–Crippen LogP) is 5.08. The number of anilines is 1. The first kappa shape index (κ1) is 16.9. The second-order valence-corrected chi connectivity index (χ2v) is 7.52. The first-order valence-electron chi connectivity index (χ1n) is 8.60. The predicted molar refractivity (Wildman–Crippen MR) is 93.4 cm³/mol. The van der Waals surface area contributed by atoms with E-state index < -0.39 is 0 Å². The maximum absolute atomic E-state index is 12.1. The summed E-state index contributed by atoms with van der Waals surface area (Å²) < 4.78 is 0. The summed E-state index contributed by atoms with van der Waals surface area (Å²) in [7, 11) is 0. The molecule has 1 aliphatic rings. The summed E-state index contributed by atoms with van der Waals surface area (Å²) >= 11 is 0. The first-order valence-corrected chi connectivity index (χ1v) is 8.60. The van der Waals surface area contributed by atoms with Crippen molar-refractivity contribution in [1.29, 1.82) is 0 Å². The number of urea groups is 1. The third-order valence-electron chi connectivity index (χ3n) is 4.51. The minimum absolute atomic E-state index is 0.0877. The molecule has 0 heterocycles. The highest BCUT2D eigenvalue weighted by Gasteiger charge is 2.15. The van der Waals surface area contributed by atoms with Crippen molar-refractivity contribution in [2.75, 3.05) is 11.9 Å². The zero-order chi connectivity index (χ0) is 16.0. The van der Waals surface area contributed by atoms with Crippen LogP contribution < -0.4 is 10.6 Å². The lowest BCUT2D eigenvalue weighted by atomic mass is 9.87. The molecular weight excluding hydrogens is 272 g/mol. The number of carbonyl (C=O) groups is 1. The molecule has 0 spiro atoms. The van der Waals surface area contributed by atoms with Gasteiger partial charge in [0, 0.05) is 12.2 Å². The van der Waals surface area contributed by atoms with Crippen molar-refractivity contribution in [2.45, 2.75) is 64.7 Å². The van der Waals surface area contributed by atoms with Crippen LogP contribution >= 0.6 is 0 Å². The van der Waals surface area contributed by atoms with Crippen LogP contribution in [0, 0.1) is 5.92 Å². The normalized spacial score (nSPS) is 16.9. The number of rotatable bonds is 3. The molecule has 2 N–H and O–H groups in total. The van der Waals surface area contributed by atoms with Crippen molar-refractivity contribution in [1.82, 2.24) is 5.32 Å². The van der Waals surface area contributed by atoms with Crippen molar-refractivity contribution in [2.24, 2.45) is 5.92 Å². The fourth-order valence-electron chi connectivity index (χ4n) is 3.04. The van der Waals surface area contributed by atoms with Crippen LogP contribution in [0.4, 0.5) is 10.5 Å². The SMILES string of the molecule is CC(C)(C)c1cccc(NC(=O)NCC2CCCCCC2)c1. The van der Waals surface area contributed by atoms with E-state index in [1.54, 1.807) is 0 Å². The fourth-order valence-corrected chi connectivity index (χ4v) is 3.04. The van der Waals surface area contributed by atoms with Crippen LogP contribution in [0.2, 0.25) is 0 Å². The number of hydrogen-bond acceptors (Lipinski definition) is 1. The lowest BCUT2D eigenvalue weighted by Gasteiger charge is -2.20. The average Bonchev–Trinajstić information content (AvgIpc) is 2.73. The summed E-state index contributed by atoms with van der Waals surface area (Å²) in [6.45, 7) is 7.33. The summed E-state index contributed by atoms with van der Waals surface area (Å²) in [4.78, 5) is 12.1. The molecule has 3 nitrogen and oxygen atoms in total. The molecule has 0 radical (unpaired) electrons. The van der Waals surface area contributed by atoms with E-state index in [1.165, 1.54) is 44.1 Å². The maximum atomic E-state index is 12.1. The summed E-state index contributed by atoms with van der Waals surface area (Å²) in [5, 5.41) is 6.00. The number of amides is 2. The van der Waals surface area contributed by atoms with E-state index in [0.717, 1.165) is 12.2 Å². The Balaban J connectivity index is 1.84. The van der Waals surface area contributed by atoms with Crippen LogP contribution in [0.5, 0.6) is 0 Å². The Kier molecular flexibility index (Phi) is 5.87. The molecule has 3 heteroatoms. The van der Waals surface area contributed by atoms with Gasteiger partial charge in [-0.25, -0.2) is 4.79 Å². The Morgan fingerprint density at radius 3 is 2.45 bits per heavy atom. The zero-order valence-electron chi connectivity index (χ0n) is 14.2. The molecule has 0 aromatic heterocycles. The molecule has 22 heavy (non-hydrogen) atoms. The number of carbonyl (C=O) groups excluding carboxylic acids is 1. The largest absolute Gasteiger partial charge is 0.338 e. The van der Waals surface area contributed by atoms with Gasteiger partial charge >= 0.3 is 6.03 Å². The van der Waals surface area contributed by atoms with E-state index in [9.17, 15) is 4.79 Å². The van der Waals surface area contributed by atoms with Crippen LogP contribution in [-0.2, 0) is 5.41 Å². The Morgan fingerprint density at radius 2 is 1.82 bits per heavy atom. The van der Waals surface area contributed by atoms with Crippen molar-refractivity contribution in [3.8, 4) is 0 Å². The van der Waals surface area contributed by atoms with Crippen molar-refractivity contribution < 1.29 is 4.79 Å². The smallest absolute Gasteiger partial charge is 0.319 e. The van der Waals surface area contributed by atoms with Gasteiger partial charge < -0.3 is 10.6 Å². The van der Waals surface area contributed by atoms with E-state index in [0.29, 0.717) is 5.92 Å². The van der Waals surface area contributed by atoms with E-state index in [4.69, 9.17) is 0 Å². The van der Waals surface area contributed by atoms with Gasteiger partial charge in [0.2, 0.25) is 0 Å². The maximum Gasteiger partial charge on any atom is 0.319 e. The molecule has 1 aliphatic carbocycles. The molecule has 0 unspecified atom stereocenters. The lowest BCUT2D eigenvalue weighted by molar-refractivity contribution is 0.249. The van der Waals surface area contributed by atoms with E-state index in [-0.39, 0.29) is 11.4 Å². The summed E-state index contributed by atoms with van der Waals surface area (Å²) in [6.07, 6.45) is 7.81. The minimum atomic E-state index is -0.0877. The molecule has 1 aromatic carbocycles. The Morgan fingerprint density at radius 1 is 1.14 bits per heavy atom. The van der Waals surface area contributed by atoms with Gasteiger partial charge in [0.25, 0.3) is 0 Å². The van der Waals surface area contributed by atoms with Crippen molar-refractivity contribution >= 4 is 11.7 Å². The second-order valence-electron chi connectivity index (χ2n) is 7.52. The van der Waals surface area contributed by atoms with E-state index in [1.807, 2.05) is 12.1 Å². The van der Waals surface area contributed by atoms with Gasteiger partial charge in [0.05, 0.1) is 0 Å². The van der Waals surface area contributed by atoms with Crippen LogP contribution in [0.15, 0.2) is 24.3 Å². The molecule has 0 bridgehead atoms. The van der Waals surface area contributed by atoms with E-state index >= 15 is 0 Å². The van der Waals surface area contributed by atoms with Gasteiger partial charge in [-0.05, 0) is 41.9 Å². The fraction of sp³-hybridized carbons (Fsp3) is 0.632. The van der Waals surface area contributed by atoms with Crippen LogP contribution in [0.3, 0.4) is 0 Å². The summed E-state index contributed by atoms with van der Waals surface area (Å²) in [5.41, 5.74) is 2.19. The monoisotopic (exact) mass is 302 g/mol. The minimum Gasteiger partial charge on any atom is -0.338 e. The standard InChI is InChI=1S/C19H30N2O/c1-19(2,3)16-11-8-12-17(13-16)21-18(22)20-14-15-9-6-4-5-7-10-15/h8,11-13,15H,4-7,9-10,14H2,1-3H3,(H2,20,21,22). The lowest BCUT2D eigenvalue weighted by Crippen LogP contribution is -2.33. The molecule has 2 amide bonds. The van der Waals surface area contributed by atoms with Crippen molar-refractivity contribution in [3.63, 3.8) is 0 Å². The molecule has 1 aromatic rings. The molecule has 2 rings (SSSR count). The topological polar surface area (TPSA) is 41.1 Å². The number of nitrogens with one attached hydrogen (secondary N) is 2. The Bertz CT molecular complexity index is 482. The summed E-state index contributed by atoms with van der Waals surface area (Å²) in [6, 6.07) is 8.03. The second kappa shape index (κ2) is 7.66. The average molecular weight is 302 g/mol. The van der Waals surface area contributed by atoms with Gasteiger partial charge in [-0.3, -0.25) is 0 Å². The van der Waals surface area contributed by atoms with Crippen LogP contribution in [0.25, 0.3) is 0 Å². The quantitative estimate of drug-likeness (QED) is 0.751. The highest BCUT2D eigenvalue weighted by Crippen LogP contribution is 2.25. The molecule has 0 saturated heterocycles. The molecular formula is C19H30N2O. The highest BCUT2D eigenvalue weighted by atomic mass is 16.2. The Hall–Kier alpha value is -1.51. The summed E-state index contributed by atoms with van der Waals surface area (Å²) in [5.74, 6) is 0.647. The molecule has 1 saturated carbocycles. The number of benzene rings is 1.